The Bertz CT molecular complexity index is 1330. The number of hydrogen-bond acceptors (Lipinski definition) is 7. The Balaban J connectivity index is 1.96. The van der Waals surface area contributed by atoms with Crippen LogP contribution in [0.15, 0.2) is 23.0 Å². The number of nitrogens with zero attached hydrogens (tertiary/aromatic N) is 4. The number of carbonyl (C=O) groups excluding carboxylic acids is 2. The first-order chi connectivity index (χ1) is 16.4. The van der Waals surface area contributed by atoms with Crippen molar-refractivity contribution in [2.45, 2.75) is 32.0 Å². The molecule has 1 aliphatic rings. The van der Waals surface area contributed by atoms with Crippen LogP contribution in [0.3, 0.4) is 0 Å². The molecule has 12 nitrogen and oxygen atoms in total. The van der Waals surface area contributed by atoms with Gasteiger partial charge in [-0.15, -0.1) is 0 Å². The summed E-state index contributed by atoms with van der Waals surface area (Å²) in [6.45, 7) is -0.0200. The molecule has 0 saturated carbocycles. The molecule has 1 unspecified atom stereocenters. The quantitative estimate of drug-likeness (QED) is 0.472. The molecule has 190 valence electrons. The van der Waals surface area contributed by atoms with Gasteiger partial charge in [-0.1, -0.05) is 6.07 Å². The van der Waals surface area contributed by atoms with Gasteiger partial charge in [0.15, 0.2) is 5.69 Å². The Morgan fingerprint density at radius 1 is 1.26 bits per heavy atom. The number of halogens is 1. The van der Waals surface area contributed by atoms with E-state index >= 15 is 0 Å². The number of aromatic nitrogens is 2. The van der Waals surface area contributed by atoms with Crippen LogP contribution in [0.2, 0.25) is 0 Å². The number of benzene rings is 1. The van der Waals surface area contributed by atoms with Gasteiger partial charge in [-0.2, -0.15) is 17.0 Å². The minimum absolute atomic E-state index is 0.00562. The van der Waals surface area contributed by atoms with Crippen molar-refractivity contribution in [1.29, 1.82) is 0 Å². The molecule has 1 aromatic heterocycles. The van der Waals surface area contributed by atoms with Crippen molar-refractivity contribution in [3.63, 3.8) is 0 Å². The monoisotopic (exact) mass is 510 g/mol. The number of rotatable bonds is 7. The van der Waals surface area contributed by atoms with Gasteiger partial charge in [-0.3, -0.25) is 19.0 Å². The van der Waals surface area contributed by atoms with Crippen LogP contribution in [0.4, 0.5) is 4.39 Å². The van der Waals surface area contributed by atoms with E-state index in [9.17, 15) is 32.3 Å². The Hall–Kier alpha value is -3.36. The van der Waals surface area contributed by atoms with E-state index in [0.29, 0.717) is 18.4 Å². The Morgan fingerprint density at radius 2 is 1.94 bits per heavy atom. The van der Waals surface area contributed by atoms with Crippen LogP contribution in [0, 0.1) is 5.82 Å². The van der Waals surface area contributed by atoms with Crippen LogP contribution in [-0.4, -0.2) is 71.7 Å². The number of carbonyl (C=O) groups is 2. The van der Waals surface area contributed by atoms with Crippen LogP contribution in [0.1, 0.15) is 51.1 Å². The lowest BCUT2D eigenvalue weighted by atomic mass is 10.1. The maximum absolute atomic E-state index is 13.6. The summed E-state index contributed by atoms with van der Waals surface area (Å²) < 4.78 is 42.2. The summed E-state index contributed by atoms with van der Waals surface area (Å²) in [7, 11) is 1.60. The van der Waals surface area contributed by atoms with Crippen molar-refractivity contribution < 1.29 is 27.5 Å². The van der Waals surface area contributed by atoms with E-state index in [1.54, 1.807) is 0 Å². The smallest absolute Gasteiger partial charge is 0.296 e. The fourth-order valence-corrected chi connectivity index (χ4v) is 4.87. The van der Waals surface area contributed by atoms with Gasteiger partial charge < -0.3 is 15.7 Å². The number of hydrogen-bond donors (Lipinski definition) is 3. The highest BCUT2D eigenvalue weighted by Gasteiger charge is 2.36. The zero-order chi connectivity index (χ0) is 26.1. The first-order valence-electron chi connectivity index (χ1n) is 10.7. The lowest BCUT2D eigenvalue weighted by molar-refractivity contribution is 0.0932. The maximum atomic E-state index is 13.6. The van der Waals surface area contributed by atoms with Gasteiger partial charge in [-0.05, 0) is 30.5 Å². The van der Waals surface area contributed by atoms with Gasteiger partial charge in [0.05, 0.1) is 6.04 Å². The van der Waals surface area contributed by atoms with Gasteiger partial charge in [0, 0.05) is 46.8 Å². The number of aromatic hydroxyl groups is 1. The first kappa shape index (κ1) is 26.2. The molecular formula is C21H27FN6O6S. The zero-order valence-corrected chi connectivity index (χ0v) is 20.5. The molecular weight excluding hydrogens is 483 g/mol. The fraction of sp³-hybridized carbons (Fsp3) is 0.429. The van der Waals surface area contributed by atoms with Gasteiger partial charge in [-0.25, -0.2) is 9.37 Å². The second-order valence-corrected chi connectivity index (χ2v) is 10.4. The molecule has 1 atom stereocenters. The van der Waals surface area contributed by atoms with Crippen molar-refractivity contribution in [2.75, 3.05) is 28.2 Å². The highest BCUT2D eigenvalue weighted by molar-refractivity contribution is 7.86. The average Bonchev–Trinajstić information content (AvgIpc) is 2.83. The topological polar surface area (TPSA) is 154 Å². The van der Waals surface area contributed by atoms with E-state index < -0.39 is 50.9 Å². The van der Waals surface area contributed by atoms with Gasteiger partial charge in [0.1, 0.15) is 11.6 Å². The Labute approximate surface area is 201 Å². The molecule has 3 N–H and O–H groups in total. The minimum atomic E-state index is -3.86. The largest absolute Gasteiger partial charge is 0.501 e. The summed E-state index contributed by atoms with van der Waals surface area (Å²) in [5, 5.41) is 15.3. The van der Waals surface area contributed by atoms with Crippen molar-refractivity contribution in [2.24, 2.45) is 0 Å². The molecule has 1 aliphatic heterocycles. The summed E-state index contributed by atoms with van der Waals surface area (Å²) in [6.07, 6.45) is 0.817. The first-order valence-corrected chi connectivity index (χ1v) is 12.1. The predicted molar refractivity (Wildman–Crippen MR) is 123 cm³/mol. The third-order valence-corrected chi connectivity index (χ3v) is 7.70. The molecule has 2 aromatic rings. The summed E-state index contributed by atoms with van der Waals surface area (Å²) in [5.74, 6) is -2.96. The summed E-state index contributed by atoms with van der Waals surface area (Å²) in [5.41, 5.74) is -1.14. The molecule has 0 aliphatic carbocycles. The molecule has 0 saturated heterocycles. The van der Waals surface area contributed by atoms with Crippen molar-refractivity contribution in [1.82, 2.24) is 28.8 Å². The summed E-state index contributed by atoms with van der Waals surface area (Å²) in [4.78, 5) is 41.9. The third kappa shape index (κ3) is 5.04. The van der Waals surface area contributed by atoms with Crippen LogP contribution < -0.4 is 16.2 Å². The Morgan fingerprint density at radius 3 is 2.57 bits per heavy atom. The number of fused-ring (bicyclic) bond motifs is 1. The lowest BCUT2D eigenvalue weighted by Crippen LogP contribution is -2.44. The molecule has 35 heavy (non-hydrogen) atoms. The van der Waals surface area contributed by atoms with Crippen molar-refractivity contribution >= 4 is 22.0 Å². The molecule has 0 fully saturated rings. The normalized spacial score (nSPS) is 15.7. The van der Waals surface area contributed by atoms with Crippen LogP contribution >= 0.6 is 0 Å². The van der Waals surface area contributed by atoms with E-state index in [1.165, 1.54) is 34.3 Å². The predicted octanol–water partition coefficient (Wildman–Crippen LogP) is -0.0493. The summed E-state index contributed by atoms with van der Waals surface area (Å²) in [6, 6.07) is 2.63. The van der Waals surface area contributed by atoms with Gasteiger partial charge in [0.25, 0.3) is 27.6 Å². The second-order valence-electron chi connectivity index (χ2n) is 8.15. The molecule has 2 amide bonds. The number of nitrogens with one attached hydrogen (secondary N) is 2. The van der Waals surface area contributed by atoms with Crippen LogP contribution in [0.25, 0.3) is 0 Å². The van der Waals surface area contributed by atoms with Crippen molar-refractivity contribution in [3.05, 3.63) is 57.0 Å². The molecule has 2 heterocycles. The SMILES string of the molecule is CNC(=O)c1cc(F)ccc1CNC(=O)c1nc2n(c(=O)c1O)CCCC2N(C)S(=O)(=O)N(C)C. The Kier molecular flexibility index (Phi) is 7.57. The van der Waals surface area contributed by atoms with Gasteiger partial charge >= 0.3 is 0 Å². The highest BCUT2D eigenvalue weighted by Crippen LogP contribution is 2.31. The molecule has 0 bridgehead atoms. The van der Waals surface area contributed by atoms with Crippen molar-refractivity contribution in [3.8, 4) is 5.75 Å². The van der Waals surface area contributed by atoms with Crippen LogP contribution in [0.5, 0.6) is 5.75 Å². The van der Waals surface area contributed by atoms with E-state index in [0.717, 1.165) is 25.3 Å². The average molecular weight is 511 g/mol. The highest BCUT2D eigenvalue weighted by atomic mass is 32.2. The molecule has 1 aromatic carbocycles. The second kappa shape index (κ2) is 10.1. The zero-order valence-electron chi connectivity index (χ0n) is 19.7. The van der Waals surface area contributed by atoms with Crippen LogP contribution in [-0.2, 0) is 23.3 Å². The minimum Gasteiger partial charge on any atom is -0.501 e. The van der Waals surface area contributed by atoms with E-state index in [4.69, 9.17) is 0 Å². The third-order valence-electron chi connectivity index (χ3n) is 5.79. The molecule has 0 radical (unpaired) electrons. The molecule has 3 rings (SSSR count). The molecule has 14 heteroatoms. The lowest BCUT2D eigenvalue weighted by Gasteiger charge is -2.33. The molecule has 0 spiro atoms. The summed E-state index contributed by atoms with van der Waals surface area (Å²) >= 11 is 0. The number of amides is 2. The standard InChI is InChI=1S/C21H27FN6O6S/c1-23-19(30)14-10-13(22)8-7-12(14)11-24-20(31)16-17(29)21(32)28-9-5-6-15(18(28)25-16)27(4)35(33,34)26(2)3/h7-8,10,15,29H,5-6,9,11H2,1-4H3,(H,23,30)(H,24,31). The fourth-order valence-electron chi connectivity index (χ4n) is 3.83. The maximum Gasteiger partial charge on any atom is 0.296 e. The van der Waals surface area contributed by atoms with E-state index in [1.807, 2.05) is 0 Å². The van der Waals surface area contributed by atoms with E-state index in [-0.39, 0.29) is 24.5 Å². The van der Waals surface area contributed by atoms with Gasteiger partial charge in [0.2, 0.25) is 5.75 Å². The van der Waals surface area contributed by atoms with E-state index in [2.05, 4.69) is 15.6 Å².